The van der Waals surface area contributed by atoms with E-state index >= 15 is 0 Å². The Balaban J connectivity index is 0.00000363. The van der Waals surface area contributed by atoms with Gasteiger partial charge in [-0.2, -0.15) is 0 Å². The summed E-state index contributed by atoms with van der Waals surface area (Å²) in [6.07, 6.45) is 2.20. The maximum atomic E-state index is 12.4. The summed E-state index contributed by atoms with van der Waals surface area (Å²) in [6, 6.07) is 21.6. The largest absolute Gasteiger partial charge is 0.357 e. The van der Waals surface area contributed by atoms with Crippen LogP contribution in [0.15, 0.2) is 65.7 Å². The van der Waals surface area contributed by atoms with Gasteiger partial charge >= 0.3 is 0 Å². The molecule has 1 aliphatic rings. The van der Waals surface area contributed by atoms with Gasteiger partial charge in [0.15, 0.2) is 5.96 Å². The number of nitrogens with one attached hydrogen (secondary N) is 2. The van der Waals surface area contributed by atoms with Crippen LogP contribution in [-0.2, 0) is 16.6 Å². The number of aliphatic imine (C=N–C) groups is 1. The Labute approximate surface area is 212 Å². The molecule has 2 unspecified atom stereocenters. The maximum Gasteiger partial charge on any atom is 0.191 e. The summed E-state index contributed by atoms with van der Waals surface area (Å²) in [5.41, 5.74) is 2.50. The lowest BCUT2D eigenvalue weighted by Gasteiger charge is -2.37. The second-order valence-corrected chi connectivity index (χ2v) is 9.65. The molecule has 176 valence electrons. The lowest BCUT2D eigenvalue weighted by atomic mass is 10.0. The quantitative estimate of drug-likeness (QED) is 0.269. The number of hydrogen-bond donors (Lipinski definition) is 2. The van der Waals surface area contributed by atoms with Crippen LogP contribution in [0.1, 0.15) is 43.9 Å². The molecule has 0 radical (unpaired) electrons. The van der Waals surface area contributed by atoms with Crippen LogP contribution in [-0.4, -0.2) is 53.0 Å². The fourth-order valence-electron chi connectivity index (χ4n) is 3.98. The van der Waals surface area contributed by atoms with Gasteiger partial charge in [-0.05, 0) is 37.8 Å². The minimum atomic E-state index is -0.896. The molecule has 5 nitrogen and oxygen atoms in total. The van der Waals surface area contributed by atoms with E-state index in [-0.39, 0.29) is 24.0 Å². The van der Waals surface area contributed by atoms with E-state index in [9.17, 15) is 4.21 Å². The summed E-state index contributed by atoms with van der Waals surface area (Å²) < 4.78 is 12.4. The van der Waals surface area contributed by atoms with Gasteiger partial charge in [0.25, 0.3) is 0 Å². The smallest absolute Gasteiger partial charge is 0.191 e. The molecule has 2 atom stereocenters. The summed E-state index contributed by atoms with van der Waals surface area (Å²) in [6.45, 7) is 7.92. The monoisotopic (exact) mass is 568 g/mol. The van der Waals surface area contributed by atoms with Crippen LogP contribution in [0.3, 0.4) is 0 Å². The molecule has 7 heteroatoms. The average molecular weight is 569 g/mol. The Morgan fingerprint density at radius 3 is 2.34 bits per heavy atom. The predicted molar refractivity (Wildman–Crippen MR) is 147 cm³/mol. The number of guanidine groups is 1. The summed E-state index contributed by atoms with van der Waals surface area (Å²) in [5.74, 6) is 2.02. The zero-order valence-electron chi connectivity index (χ0n) is 19.2. The van der Waals surface area contributed by atoms with E-state index in [2.05, 4.69) is 64.7 Å². The van der Waals surface area contributed by atoms with Crippen molar-refractivity contribution in [1.29, 1.82) is 0 Å². The Bertz CT molecular complexity index is 826. The lowest BCUT2D eigenvalue weighted by molar-refractivity contribution is 0.158. The van der Waals surface area contributed by atoms with Crippen molar-refractivity contribution in [1.82, 2.24) is 15.5 Å². The van der Waals surface area contributed by atoms with Crippen molar-refractivity contribution in [2.75, 3.05) is 31.9 Å². The van der Waals surface area contributed by atoms with Crippen LogP contribution in [0, 0.1) is 0 Å². The van der Waals surface area contributed by atoms with Crippen LogP contribution < -0.4 is 10.6 Å². The zero-order valence-corrected chi connectivity index (χ0v) is 22.4. The van der Waals surface area contributed by atoms with Gasteiger partial charge in [0.1, 0.15) is 0 Å². The third-order valence-electron chi connectivity index (χ3n) is 5.80. The number of likely N-dealkylation sites (tertiary alicyclic amines) is 1. The molecule has 0 aliphatic carbocycles. The van der Waals surface area contributed by atoms with Gasteiger partial charge in [0, 0.05) is 54.0 Å². The van der Waals surface area contributed by atoms with Crippen LogP contribution >= 0.6 is 24.0 Å². The Hall–Kier alpha value is -1.45. The van der Waals surface area contributed by atoms with Crippen LogP contribution in [0.5, 0.6) is 0 Å². The van der Waals surface area contributed by atoms with Crippen molar-refractivity contribution in [2.45, 2.75) is 44.5 Å². The van der Waals surface area contributed by atoms with E-state index < -0.39 is 10.8 Å². The van der Waals surface area contributed by atoms with Crippen molar-refractivity contribution < 1.29 is 4.21 Å². The SMILES string of the molecule is CCNC(=NCCS(=O)Cc1ccccc1)NC1CCN(C(C)c2ccccc2)CC1.I. The van der Waals surface area contributed by atoms with Crippen molar-refractivity contribution in [3.63, 3.8) is 0 Å². The van der Waals surface area contributed by atoms with Crippen LogP contribution in [0.4, 0.5) is 0 Å². The molecule has 1 aliphatic heterocycles. The number of piperidine rings is 1. The summed E-state index contributed by atoms with van der Waals surface area (Å²) >= 11 is 0. The molecule has 1 heterocycles. The third-order valence-corrected chi connectivity index (χ3v) is 7.10. The van der Waals surface area contributed by atoms with E-state index in [1.54, 1.807) is 0 Å². The third kappa shape index (κ3) is 8.83. The first-order valence-electron chi connectivity index (χ1n) is 11.4. The van der Waals surface area contributed by atoms with Crippen LogP contribution in [0.2, 0.25) is 0 Å². The Kier molecular flexibility index (Phi) is 12.3. The number of benzene rings is 2. The van der Waals surface area contributed by atoms with Gasteiger partial charge in [0.2, 0.25) is 0 Å². The first-order chi connectivity index (χ1) is 15.2. The molecular formula is C25H37IN4OS. The minimum Gasteiger partial charge on any atom is -0.357 e. The molecule has 0 bridgehead atoms. The van der Waals surface area contributed by atoms with E-state index in [1.165, 1.54) is 5.56 Å². The molecular weight excluding hydrogens is 531 g/mol. The highest BCUT2D eigenvalue weighted by atomic mass is 127. The Morgan fingerprint density at radius 2 is 1.72 bits per heavy atom. The molecule has 2 N–H and O–H groups in total. The minimum absolute atomic E-state index is 0. The summed E-state index contributed by atoms with van der Waals surface area (Å²) in [7, 11) is -0.896. The van der Waals surface area contributed by atoms with E-state index in [1.807, 2.05) is 30.3 Å². The van der Waals surface area contributed by atoms with E-state index in [0.29, 0.717) is 30.1 Å². The first kappa shape index (κ1) is 26.8. The average Bonchev–Trinajstić information content (AvgIpc) is 2.80. The normalized spacial score (nSPS) is 17.2. The molecule has 0 spiro atoms. The van der Waals surface area contributed by atoms with Crippen LogP contribution in [0.25, 0.3) is 0 Å². The zero-order chi connectivity index (χ0) is 21.9. The van der Waals surface area contributed by atoms with Crippen molar-refractivity contribution in [2.24, 2.45) is 4.99 Å². The fourth-order valence-corrected chi connectivity index (χ4v) is 4.98. The van der Waals surface area contributed by atoms with Gasteiger partial charge in [0.05, 0.1) is 6.54 Å². The van der Waals surface area contributed by atoms with Gasteiger partial charge < -0.3 is 10.6 Å². The summed E-state index contributed by atoms with van der Waals surface area (Å²) in [4.78, 5) is 7.24. The maximum absolute atomic E-state index is 12.4. The van der Waals surface area contributed by atoms with Gasteiger partial charge in [-0.15, -0.1) is 24.0 Å². The predicted octanol–water partition coefficient (Wildman–Crippen LogP) is 4.33. The van der Waals surface area contributed by atoms with Gasteiger partial charge in [-0.25, -0.2) is 0 Å². The van der Waals surface area contributed by atoms with Crippen molar-refractivity contribution >= 4 is 40.7 Å². The number of rotatable bonds is 9. The molecule has 3 rings (SSSR count). The highest BCUT2D eigenvalue weighted by molar-refractivity contribution is 14.0. The topological polar surface area (TPSA) is 56.7 Å². The second kappa shape index (κ2) is 14.6. The molecule has 0 aromatic heterocycles. The Morgan fingerprint density at radius 1 is 1.09 bits per heavy atom. The molecule has 1 fully saturated rings. The molecule has 0 saturated carbocycles. The second-order valence-electron chi connectivity index (χ2n) is 8.08. The standard InChI is InChI=1S/C25H36N4OS.HI/c1-3-26-25(27-16-19-31(30)20-22-10-6-4-7-11-22)28-24-14-17-29(18-15-24)21(2)23-12-8-5-9-13-23;/h4-13,21,24H,3,14-20H2,1-2H3,(H2,26,27,28);1H. The molecule has 0 amide bonds. The molecule has 2 aromatic rings. The number of nitrogens with zero attached hydrogens (tertiary/aromatic N) is 2. The molecule has 2 aromatic carbocycles. The number of halogens is 1. The van der Waals surface area contributed by atoms with Gasteiger partial charge in [-0.1, -0.05) is 60.7 Å². The first-order valence-corrected chi connectivity index (χ1v) is 12.9. The van der Waals surface area contributed by atoms with Crippen molar-refractivity contribution in [3.05, 3.63) is 71.8 Å². The number of hydrogen-bond acceptors (Lipinski definition) is 3. The van der Waals surface area contributed by atoms with E-state index in [4.69, 9.17) is 0 Å². The highest BCUT2D eigenvalue weighted by Gasteiger charge is 2.24. The van der Waals surface area contributed by atoms with Crippen molar-refractivity contribution in [3.8, 4) is 0 Å². The lowest BCUT2D eigenvalue weighted by Crippen LogP contribution is -2.49. The highest BCUT2D eigenvalue weighted by Crippen LogP contribution is 2.23. The molecule has 1 saturated heterocycles. The van der Waals surface area contributed by atoms with E-state index in [0.717, 1.165) is 44.0 Å². The molecule has 32 heavy (non-hydrogen) atoms. The fraction of sp³-hybridized carbons (Fsp3) is 0.480. The van der Waals surface area contributed by atoms with Gasteiger partial charge in [-0.3, -0.25) is 14.1 Å². The summed E-state index contributed by atoms with van der Waals surface area (Å²) in [5, 5.41) is 6.93.